The first-order valence-electron chi connectivity index (χ1n) is 9.12. The number of halogens is 4. The second-order valence-electron chi connectivity index (χ2n) is 6.68. The van der Waals surface area contributed by atoms with Gasteiger partial charge in [0, 0.05) is 24.4 Å². The van der Waals surface area contributed by atoms with Crippen molar-refractivity contribution in [2.24, 2.45) is 4.99 Å². The van der Waals surface area contributed by atoms with E-state index >= 15 is 0 Å². The van der Waals surface area contributed by atoms with Crippen molar-refractivity contribution in [2.45, 2.75) is 13.5 Å². The summed E-state index contributed by atoms with van der Waals surface area (Å²) in [7, 11) is 0. The number of nitrogens with zero attached hydrogens (tertiary/aromatic N) is 1. The lowest BCUT2D eigenvalue weighted by molar-refractivity contribution is 0.485. The highest BCUT2D eigenvalue weighted by Crippen LogP contribution is 2.31. The Morgan fingerprint density at radius 2 is 1.73 bits per heavy atom. The molecule has 0 unspecified atom stereocenters. The van der Waals surface area contributed by atoms with Crippen LogP contribution in [0.2, 0.25) is 0 Å². The summed E-state index contributed by atoms with van der Waals surface area (Å²) < 4.78 is 62.2. The summed E-state index contributed by atoms with van der Waals surface area (Å²) >= 11 is 0. The number of nitrogens with one attached hydrogen (secondary N) is 1. The molecule has 152 valence electrons. The fraction of sp³-hybridized carbons (Fsp3) is 0.0870. The van der Waals surface area contributed by atoms with Crippen molar-refractivity contribution >= 4 is 11.6 Å². The molecule has 0 saturated carbocycles. The second-order valence-corrected chi connectivity index (χ2v) is 6.68. The highest BCUT2D eigenvalue weighted by molar-refractivity contribution is 5.94. The highest BCUT2D eigenvalue weighted by Gasteiger charge is 2.18. The van der Waals surface area contributed by atoms with E-state index in [2.05, 4.69) is 10.3 Å². The topological polar surface area (TPSA) is 33.6 Å². The first-order valence-corrected chi connectivity index (χ1v) is 9.12. The Hall–Kier alpha value is -3.61. The molecule has 0 amide bonds. The van der Waals surface area contributed by atoms with E-state index in [1.165, 1.54) is 30.5 Å². The third-order valence-corrected chi connectivity index (χ3v) is 4.81. The van der Waals surface area contributed by atoms with Gasteiger partial charge in [0.1, 0.15) is 23.1 Å². The van der Waals surface area contributed by atoms with Gasteiger partial charge in [-0.15, -0.1) is 0 Å². The van der Waals surface area contributed by atoms with Crippen molar-refractivity contribution in [1.82, 2.24) is 0 Å². The van der Waals surface area contributed by atoms with Crippen LogP contribution in [0, 0.1) is 30.2 Å². The predicted molar refractivity (Wildman–Crippen MR) is 107 cm³/mol. The summed E-state index contributed by atoms with van der Waals surface area (Å²) in [6, 6.07) is 10.9. The number of hydrogen-bond acceptors (Lipinski definition) is 3. The molecule has 0 aromatic heterocycles. The van der Waals surface area contributed by atoms with Gasteiger partial charge in [0.05, 0.1) is 0 Å². The molecule has 0 fully saturated rings. The Bertz CT molecular complexity index is 1190. The lowest BCUT2D eigenvalue weighted by atomic mass is 9.96. The van der Waals surface area contributed by atoms with Gasteiger partial charge in [-0.3, -0.25) is 0 Å². The molecular formula is C23H16F4N2O. The van der Waals surface area contributed by atoms with Crippen LogP contribution in [0.15, 0.2) is 65.8 Å². The minimum atomic E-state index is -0.947. The standard InChI is InChI=1S/C23H16F4N2O/c1-13-16(14-3-2-4-15(24)11-14)5-6-18(25)17(13)12-29-23-19(26)7-8-20(22(23)27)30-21-9-10-28-21/h2-11,29H,12H2,1H3. The Morgan fingerprint density at radius 1 is 0.967 bits per heavy atom. The van der Waals surface area contributed by atoms with Gasteiger partial charge in [-0.05, 0) is 53.9 Å². The van der Waals surface area contributed by atoms with Gasteiger partial charge in [-0.1, -0.05) is 18.2 Å². The lowest BCUT2D eigenvalue weighted by Crippen LogP contribution is -2.12. The molecule has 3 aromatic carbocycles. The van der Waals surface area contributed by atoms with E-state index in [-0.39, 0.29) is 23.8 Å². The van der Waals surface area contributed by atoms with E-state index in [1.54, 1.807) is 25.1 Å². The molecule has 0 bridgehead atoms. The van der Waals surface area contributed by atoms with Crippen molar-refractivity contribution < 1.29 is 22.3 Å². The molecular weight excluding hydrogens is 396 g/mol. The van der Waals surface area contributed by atoms with E-state index in [0.717, 1.165) is 12.1 Å². The SMILES string of the molecule is Cc1c(-c2cccc(F)c2)ccc(F)c1CNc1c(F)ccc(OC2=NC=C2)c1F. The third-order valence-electron chi connectivity index (χ3n) is 4.81. The largest absolute Gasteiger partial charge is 0.436 e. The number of rotatable bonds is 5. The quantitative estimate of drug-likeness (QED) is 0.511. The zero-order chi connectivity index (χ0) is 21.3. The summed E-state index contributed by atoms with van der Waals surface area (Å²) in [5, 5.41) is 2.62. The Labute approximate surface area is 170 Å². The first-order chi connectivity index (χ1) is 14.4. The number of hydrogen-bond donors (Lipinski definition) is 1. The monoisotopic (exact) mass is 412 g/mol. The van der Waals surface area contributed by atoms with Gasteiger partial charge >= 0.3 is 0 Å². The maximum atomic E-state index is 14.7. The molecule has 7 heteroatoms. The van der Waals surface area contributed by atoms with Crippen LogP contribution in [-0.4, -0.2) is 5.90 Å². The number of anilines is 1. The van der Waals surface area contributed by atoms with Crippen molar-refractivity contribution in [3.05, 3.63) is 95.2 Å². The van der Waals surface area contributed by atoms with E-state index in [0.29, 0.717) is 16.7 Å². The second kappa shape index (κ2) is 8.02. The number of benzene rings is 3. The third kappa shape index (κ3) is 3.78. The molecule has 1 aliphatic heterocycles. The Kier molecular flexibility index (Phi) is 5.27. The lowest BCUT2D eigenvalue weighted by Gasteiger charge is -2.16. The molecule has 0 radical (unpaired) electrons. The molecule has 1 N–H and O–H groups in total. The van der Waals surface area contributed by atoms with E-state index < -0.39 is 29.0 Å². The van der Waals surface area contributed by atoms with Crippen LogP contribution in [0.4, 0.5) is 23.2 Å². The van der Waals surface area contributed by atoms with Crippen LogP contribution >= 0.6 is 0 Å². The zero-order valence-electron chi connectivity index (χ0n) is 15.8. The van der Waals surface area contributed by atoms with Gasteiger partial charge in [0.2, 0.25) is 5.90 Å². The molecule has 0 aliphatic carbocycles. The maximum Gasteiger partial charge on any atom is 0.220 e. The molecule has 1 heterocycles. The average molecular weight is 412 g/mol. The van der Waals surface area contributed by atoms with E-state index in [4.69, 9.17) is 4.74 Å². The Balaban J connectivity index is 1.62. The van der Waals surface area contributed by atoms with Gasteiger partial charge in [0.25, 0.3) is 0 Å². The van der Waals surface area contributed by atoms with Gasteiger partial charge in [0.15, 0.2) is 11.6 Å². The summed E-state index contributed by atoms with van der Waals surface area (Å²) in [6.45, 7) is 1.49. The van der Waals surface area contributed by atoms with Crippen LogP contribution in [0.5, 0.6) is 5.75 Å². The van der Waals surface area contributed by atoms with Gasteiger partial charge in [-0.25, -0.2) is 22.6 Å². The zero-order valence-corrected chi connectivity index (χ0v) is 15.8. The minimum Gasteiger partial charge on any atom is -0.436 e. The number of ether oxygens (including phenoxy) is 1. The molecule has 0 spiro atoms. The molecule has 0 atom stereocenters. The van der Waals surface area contributed by atoms with Gasteiger partial charge in [-0.2, -0.15) is 0 Å². The Morgan fingerprint density at radius 3 is 2.43 bits per heavy atom. The maximum absolute atomic E-state index is 14.7. The fourth-order valence-electron chi connectivity index (χ4n) is 3.17. The van der Waals surface area contributed by atoms with Gasteiger partial charge < -0.3 is 10.1 Å². The number of aliphatic imine (C=N–C) groups is 1. The van der Waals surface area contributed by atoms with Crippen LogP contribution in [0.3, 0.4) is 0 Å². The summed E-state index contributed by atoms with van der Waals surface area (Å²) in [4.78, 5) is 3.78. The van der Waals surface area contributed by atoms with Crippen molar-refractivity contribution in [2.75, 3.05) is 5.32 Å². The normalized spacial score (nSPS) is 12.4. The average Bonchev–Trinajstić information content (AvgIpc) is 2.68. The first kappa shape index (κ1) is 19.7. The molecule has 0 saturated heterocycles. The summed E-state index contributed by atoms with van der Waals surface area (Å²) in [5.41, 5.74) is 1.52. The smallest absolute Gasteiger partial charge is 0.220 e. The molecule has 30 heavy (non-hydrogen) atoms. The molecule has 3 aromatic rings. The molecule has 1 aliphatic rings. The van der Waals surface area contributed by atoms with Crippen LogP contribution in [0.1, 0.15) is 11.1 Å². The van der Waals surface area contributed by atoms with Crippen LogP contribution < -0.4 is 10.1 Å². The van der Waals surface area contributed by atoms with Crippen molar-refractivity contribution in [3.8, 4) is 16.9 Å². The fourth-order valence-corrected chi connectivity index (χ4v) is 3.17. The molecule has 4 rings (SSSR count). The molecule has 3 nitrogen and oxygen atoms in total. The van der Waals surface area contributed by atoms with E-state index in [1.807, 2.05) is 0 Å². The summed E-state index contributed by atoms with van der Waals surface area (Å²) in [6.07, 6.45) is 3.01. The van der Waals surface area contributed by atoms with Crippen molar-refractivity contribution in [1.29, 1.82) is 0 Å². The minimum absolute atomic E-state index is 0.182. The summed E-state index contributed by atoms with van der Waals surface area (Å²) in [5.74, 6) is -2.74. The van der Waals surface area contributed by atoms with Crippen molar-refractivity contribution in [3.63, 3.8) is 0 Å². The van der Waals surface area contributed by atoms with Crippen LogP contribution in [0.25, 0.3) is 11.1 Å². The van der Waals surface area contributed by atoms with Crippen LogP contribution in [-0.2, 0) is 6.54 Å². The predicted octanol–water partition coefficient (Wildman–Crippen LogP) is 6.14. The highest BCUT2D eigenvalue weighted by atomic mass is 19.1. The van der Waals surface area contributed by atoms with E-state index in [9.17, 15) is 17.6 Å².